The van der Waals surface area contributed by atoms with Crippen molar-refractivity contribution in [1.82, 2.24) is 69.2 Å². The Labute approximate surface area is 831 Å². The molecule has 12 N–H and O–H groups in total. The number of likely N-dealkylation sites (tertiary alicyclic amines) is 4. The van der Waals surface area contributed by atoms with Crippen LogP contribution in [0.15, 0.2) is 169 Å². The van der Waals surface area contributed by atoms with Gasteiger partial charge in [-0.1, -0.05) is 53.0 Å². The van der Waals surface area contributed by atoms with E-state index in [4.69, 9.17) is 56.7 Å². The van der Waals surface area contributed by atoms with Crippen molar-refractivity contribution in [2.24, 2.45) is 22.2 Å². The molecule has 0 radical (unpaired) electrons. The number of hydrogen-bond donors (Lipinski definition) is 9. The number of amides is 11. The molecule has 6 fully saturated rings. The molecular weight excluding hydrogens is 1980 g/mol. The van der Waals surface area contributed by atoms with E-state index in [-0.39, 0.29) is 185 Å². The number of carboxylic acids is 1. The van der Waals surface area contributed by atoms with Gasteiger partial charge in [0.05, 0.1) is 116 Å². The topological polar surface area (TPSA) is 490 Å². The van der Waals surface area contributed by atoms with E-state index < -0.39 is 170 Å². The van der Waals surface area contributed by atoms with Crippen LogP contribution in [0.2, 0.25) is 15.1 Å². The van der Waals surface area contributed by atoms with E-state index >= 15 is 13.2 Å². The SMILES string of the molecule is CC1CCCO1.FC1(F)CCCNC1.NC(=O)c1nn(CC(=O)N2C[C@H](F)C[C@H]2C(=O)Nc2cccc(-c3ncccc3Cl)c2F)c2ccc(C(=O)O)cc12.NC(=O)c1nn(CC(=O)N2C[C@H](F)C[C@H]2C(=O)Nc2cccc(-c3ncccc3Cl)c2F)c2ccc(N=C=O)cc12.NC(=O)c1nn(CC(=O)N2C[C@H](F)C[C@H]2C(=O)Nc2cccc(-c3ncccc3Cl)c2F)c2ccc(NC(=O)N3CCCC(F)(F)C3)cc12. The van der Waals surface area contributed by atoms with Gasteiger partial charge >= 0.3 is 12.0 Å². The zero-order chi connectivity index (χ0) is 104. The highest BCUT2D eigenvalue weighted by molar-refractivity contribution is 6.34. The molecule has 6 aliphatic rings. The molecule has 145 heavy (non-hydrogen) atoms. The van der Waals surface area contributed by atoms with Crippen LogP contribution in [-0.4, -0.2) is 247 Å². The first-order valence-electron chi connectivity index (χ1n) is 44.9. The number of hydrogen-bond acceptors (Lipinski definition) is 21. The fourth-order valence-corrected chi connectivity index (χ4v) is 17.8. The Morgan fingerprint density at radius 1 is 0.510 bits per heavy atom. The van der Waals surface area contributed by atoms with Gasteiger partial charge in [0.15, 0.2) is 34.5 Å². The summed E-state index contributed by atoms with van der Waals surface area (Å²) in [4.78, 5) is 170. The molecule has 18 rings (SSSR count). The number of fused-ring (bicyclic) bond motifs is 3. The zero-order valence-corrected chi connectivity index (χ0v) is 78.7. The molecule has 0 bridgehead atoms. The molecule has 11 amide bonds. The second-order valence-corrected chi connectivity index (χ2v) is 35.4. The fraction of sp³-hybridized carbons (Fsp3) is 0.312. The van der Waals surface area contributed by atoms with E-state index in [0.29, 0.717) is 18.0 Å². The number of nitrogens with one attached hydrogen (secondary N) is 5. The van der Waals surface area contributed by atoms with Crippen LogP contribution in [0, 0.1) is 17.5 Å². The Morgan fingerprint density at radius 3 is 1.26 bits per heavy atom. The van der Waals surface area contributed by atoms with Crippen molar-refractivity contribution in [3.05, 3.63) is 219 Å². The van der Waals surface area contributed by atoms with Crippen molar-refractivity contribution < 1.29 is 111 Å². The number of ether oxygens (including phenoxy) is 1. The molecular formula is C96H89Cl3F10N22O14. The molecule has 36 nitrogen and oxygen atoms in total. The number of aliphatic imine (C=N–C) groups is 1. The Hall–Kier alpha value is -15.4. The lowest BCUT2D eigenvalue weighted by atomic mass is 10.1. The highest BCUT2D eigenvalue weighted by Gasteiger charge is 2.45. The van der Waals surface area contributed by atoms with Crippen molar-refractivity contribution in [3.63, 3.8) is 0 Å². The summed E-state index contributed by atoms with van der Waals surface area (Å²) in [6.45, 7) is 0.450. The van der Waals surface area contributed by atoms with Gasteiger partial charge in [-0.05, 0) is 167 Å². The molecule has 6 aromatic carbocycles. The maximum Gasteiger partial charge on any atom is 0.335 e. The van der Waals surface area contributed by atoms with Crippen molar-refractivity contribution >= 4 is 167 Å². The summed E-state index contributed by atoms with van der Waals surface area (Å²) in [5, 5.41) is 35.2. The third-order valence-electron chi connectivity index (χ3n) is 24.0. The maximum atomic E-state index is 15.5. The first kappa shape index (κ1) is 105. The average Bonchev–Trinajstić information content (AvgIpc) is 1.77. The first-order valence-corrected chi connectivity index (χ1v) is 46.0. The molecule has 12 heterocycles. The summed E-state index contributed by atoms with van der Waals surface area (Å²) in [6.07, 6.45) is 3.73. The summed E-state index contributed by atoms with van der Waals surface area (Å²) in [5.41, 5.74) is 16.7. The van der Waals surface area contributed by atoms with Gasteiger partial charge in [0, 0.05) is 102 Å². The summed E-state index contributed by atoms with van der Waals surface area (Å²) in [5.74, 6) is -16.4. The Bertz CT molecular complexity index is 6830. The van der Waals surface area contributed by atoms with Gasteiger partial charge in [0.25, 0.3) is 29.6 Å². The minimum Gasteiger partial charge on any atom is -0.478 e. The number of carbonyl (C=O) groups is 11. The number of piperidine rings is 2. The number of nitrogens with two attached hydrogens (primary N) is 3. The number of primary amides is 3. The summed E-state index contributed by atoms with van der Waals surface area (Å²) in [6, 6.07) is 29.9. The summed E-state index contributed by atoms with van der Waals surface area (Å²) >= 11 is 18.5. The van der Waals surface area contributed by atoms with Crippen LogP contribution in [0.4, 0.5) is 77.1 Å². The number of alkyl halides is 7. The van der Waals surface area contributed by atoms with E-state index in [1.165, 1.54) is 164 Å². The number of halogens is 13. The average molecular weight is 2070 g/mol. The monoisotopic (exact) mass is 2070 g/mol. The van der Waals surface area contributed by atoms with E-state index in [2.05, 4.69) is 68.7 Å². The van der Waals surface area contributed by atoms with Crippen LogP contribution in [0.3, 0.4) is 0 Å². The number of isocyanates is 1. The predicted molar refractivity (Wildman–Crippen MR) is 511 cm³/mol. The van der Waals surface area contributed by atoms with E-state index in [0.717, 1.165) is 42.1 Å². The van der Waals surface area contributed by atoms with Crippen LogP contribution < -0.4 is 43.8 Å². The van der Waals surface area contributed by atoms with Crippen LogP contribution in [-0.2, 0) is 57.9 Å². The third kappa shape index (κ3) is 25.1. The number of benzene rings is 6. The highest BCUT2D eigenvalue weighted by Crippen LogP contribution is 2.39. The van der Waals surface area contributed by atoms with Crippen molar-refractivity contribution in [2.75, 3.05) is 73.7 Å². The van der Waals surface area contributed by atoms with Crippen molar-refractivity contribution in [2.45, 2.75) is 139 Å². The third-order valence-corrected chi connectivity index (χ3v) is 24.9. The van der Waals surface area contributed by atoms with Crippen molar-refractivity contribution in [1.29, 1.82) is 0 Å². The molecule has 6 aliphatic heterocycles. The Balaban J connectivity index is 0.000000161. The Kier molecular flexibility index (Phi) is 33.4. The molecule has 0 spiro atoms. The number of carboxylic acid groups (broad SMARTS) is 1. The predicted octanol–water partition coefficient (Wildman–Crippen LogP) is 13.8. The van der Waals surface area contributed by atoms with E-state index in [1.54, 1.807) is 24.3 Å². The fourth-order valence-electron chi connectivity index (χ4n) is 17.1. The highest BCUT2D eigenvalue weighted by atomic mass is 35.5. The lowest BCUT2D eigenvalue weighted by molar-refractivity contribution is -0.137. The number of anilines is 4. The molecule has 0 aliphatic carbocycles. The number of aromatic carboxylic acids is 1. The van der Waals surface area contributed by atoms with Crippen molar-refractivity contribution in [3.8, 4) is 33.8 Å². The van der Waals surface area contributed by atoms with Crippen LogP contribution in [0.25, 0.3) is 66.5 Å². The van der Waals surface area contributed by atoms with E-state index in [9.17, 15) is 93.4 Å². The molecule has 12 aromatic rings. The molecule has 6 saturated heterocycles. The number of aromatic nitrogens is 9. The zero-order valence-electron chi connectivity index (χ0n) is 76.4. The lowest BCUT2D eigenvalue weighted by Gasteiger charge is -2.32. The van der Waals surface area contributed by atoms with Gasteiger partial charge in [0.2, 0.25) is 41.5 Å². The molecule has 758 valence electrons. The number of pyridine rings is 3. The molecule has 0 saturated carbocycles. The van der Waals surface area contributed by atoms with Gasteiger partial charge in [-0.25, -0.2) is 58.3 Å². The van der Waals surface area contributed by atoms with Crippen LogP contribution in [0.1, 0.15) is 107 Å². The maximum absolute atomic E-state index is 15.5. The lowest BCUT2D eigenvalue weighted by Crippen LogP contribution is -2.47. The molecule has 6 aromatic heterocycles. The van der Waals surface area contributed by atoms with Gasteiger partial charge in [-0.15, -0.1) is 0 Å². The summed E-state index contributed by atoms with van der Waals surface area (Å²) in [7, 11) is 0. The number of rotatable bonds is 21. The van der Waals surface area contributed by atoms with Gasteiger partial charge in [-0.2, -0.15) is 20.3 Å². The number of nitrogens with zero attached hydrogens (tertiary/aromatic N) is 14. The quantitative estimate of drug-likeness (QED) is 0.0183. The Morgan fingerprint density at radius 2 is 0.910 bits per heavy atom. The largest absolute Gasteiger partial charge is 0.478 e. The van der Waals surface area contributed by atoms with Gasteiger partial charge in [-0.3, -0.25) is 72.1 Å². The van der Waals surface area contributed by atoms with Crippen LogP contribution >= 0.6 is 34.8 Å². The molecule has 49 heteroatoms. The van der Waals surface area contributed by atoms with Gasteiger partial charge in [0.1, 0.15) is 56.3 Å². The van der Waals surface area contributed by atoms with Gasteiger partial charge < -0.3 is 73.2 Å². The minimum atomic E-state index is -3.00. The summed E-state index contributed by atoms with van der Waals surface area (Å²) < 4.78 is 150. The van der Waals surface area contributed by atoms with E-state index in [1.807, 2.05) is 0 Å². The normalized spacial score (nSPS) is 18.6. The number of carbonyl (C=O) groups excluding carboxylic acids is 11. The second kappa shape index (κ2) is 45.9. The minimum absolute atomic E-state index is 0.0257. The second-order valence-electron chi connectivity index (χ2n) is 34.2. The standard InChI is InChI=1S/C32H29ClF4N8O4.C27H20ClF2N7O4.C27H21ClF2N6O5.C5H9F2N.C5H10O/c33-21-5-2-10-39-27(21)19-4-1-6-22(26(19)35)41-30(48)24-12-17(34)14-44(24)25(46)15-45-23-8-7-18(13-20(23)28(42-45)29(38)47)40-31(49)43-11-3-9-32(36,37)16-43;28-18-4-2-8-32-24(18)16-3-1-5-19(23(16)30)34-27(41)21-9-14(29)11-36(21)22(39)12-37-20-7-6-15(33-13-38)10-17(20)25(35-37)26(31)40;28-17-4-2-8-32-23(17)15-3-1-5-18(22(15)30)33-26(39)20-10-14(29)11-35(20)21(37)12-36-19-7-6-13(27(40)41)9-16(19)24(34-36)25(31)38;6-5(7)2-1-3-8-4-5;1-5-3-2-4-6-5/h1-2,4-8,10,13,17,24H,3,9,11-12,14-16H2,(H2,38,47)(H,40,49)(H,41,48);1-8,10,14,21H,9,11-12H2,(H2,31,40)(H,34,41);1-9,14,20H,10-12H2,(H2,31,38)(H,33,39)(H,40,41);8H,1-4H2;5H,2-4H2,1H3/t17-,24+;14-,21+;14-,20+;;/m111../s1. The molecule has 7 atom stereocenters. The van der Waals surface area contributed by atoms with Crippen LogP contribution in [0.5, 0.6) is 0 Å². The smallest absolute Gasteiger partial charge is 0.335 e. The molecule has 1 unspecified atom stereocenters. The first-order chi connectivity index (χ1) is 69.1. The number of urea groups is 1.